The summed E-state index contributed by atoms with van der Waals surface area (Å²) in [6, 6.07) is 5.29. The zero-order valence-corrected chi connectivity index (χ0v) is 12.0. The Balaban J connectivity index is 1.93. The molecule has 0 bridgehead atoms. The van der Waals surface area contributed by atoms with E-state index in [4.69, 9.17) is 4.42 Å². The van der Waals surface area contributed by atoms with Gasteiger partial charge in [0.05, 0.1) is 3.79 Å². The predicted octanol–water partition coefficient (Wildman–Crippen LogP) is 3.80. The monoisotopic (exact) mass is 363 g/mol. The van der Waals surface area contributed by atoms with Crippen molar-refractivity contribution < 1.29 is 9.21 Å². The third-order valence-electron chi connectivity index (χ3n) is 1.87. The molecule has 0 fully saturated rings. The van der Waals surface area contributed by atoms with E-state index in [-0.39, 0.29) is 5.91 Å². The van der Waals surface area contributed by atoms with Crippen molar-refractivity contribution in [2.24, 2.45) is 0 Å². The molecule has 16 heavy (non-hydrogen) atoms. The fourth-order valence-corrected chi connectivity index (χ4v) is 2.66. The zero-order chi connectivity index (χ0) is 11.5. The number of hydrogen-bond donors (Lipinski definition) is 1. The molecule has 1 amide bonds. The zero-order valence-electron chi connectivity index (χ0n) is 8.00. The molecule has 6 heteroatoms. The van der Waals surface area contributed by atoms with Crippen molar-refractivity contribution in [1.29, 1.82) is 0 Å². The van der Waals surface area contributed by atoms with Gasteiger partial charge in [-0.3, -0.25) is 4.79 Å². The van der Waals surface area contributed by atoms with Crippen molar-refractivity contribution in [2.45, 2.75) is 6.54 Å². The molecule has 3 nitrogen and oxygen atoms in total. The van der Waals surface area contributed by atoms with Gasteiger partial charge in [0, 0.05) is 6.54 Å². The molecule has 0 aliphatic rings. The van der Waals surface area contributed by atoms with Crippen LogP contribution in [-0.2, 0) is 6.54 Å². The van der Waals surface area contributed by atoms with Gasteiger partial charge in [-0.1, -0.05) is 0 Å². The van der Waals surface area contributed by atoms with E-state index in [2.05, 4.69) is 37.2 Å². The molecule has 0 spiro atoms. The molecule has 0 atom stereocenters. The molecule has 2 aromatic heterocycles. The Morgan fingerprint density at radius 2 is 2.25 bits per heavy atom. The second kappa shape index (κ2) is 5.16. The molecule has 2 aromatic rings. The summed E-state index contributed by atoms with van der Waals surface area (Å²) in [6.45, 7) is 0.499. The third-order valence-corrected chi connectivity index (χ3v) is 3.85. The minimum atomic E-state index is -0.215. The van der Waals surface area contributed by atoms with Gasteiger partial charge < -0.3 is 9.73 Å². The summed E-state index contributed by atoms with van der Waals surface area (Å²) in [6.07, 6.45) is 0. The SMILES string of the molecule is O=C(NCc1csc(Br)c1)c1ccc(Br)o1. The molecular formula is C10H7Br2NO2S. The third kappa shape index (κ3) is 2.96. The van der Waals surface area contributed by atoms with Crippen molar-refractivity contribution in [2.75, 3.05) is 0 Å². The van der Waals surface area contributed by atoms with Crippen molar-refractivity contribution in [1.82, 2.24) is 5.32 Å². The van der Waals surface area contributed by atoms with Gasteiger partial charge in [0.2, 0.25) is 0 Å². The lowest BCUT2D eigenvalue weighted by Crippen LogP contribution is -2.21. The molecule has 0 saturated carbocycles. The fourth-order valence-electron chi connectivity index (χ4n) is 1.14. The molecular weight excluding hydrogens is 358 g/mol. The first-order valence-corrected chi connectivity index (χ1v) is 6.88. The standard InChI is InChI=1S/C10H7Br2NO2S/c11-8-2-1-7(15-8)10(14)13-4-6-3-9(12)16-5-6/h1-3,5H,4H2,(H,13,14). The van der Waals surface area contributed by atoms with Gasteiger partial charge in [0.1, 0.15) is 0 Å². The van der Waals surface area contributed by atoms with Crippen LogP contribution in [0.5, 0.6) is 0 Å². The predicted molar refractivity (Wildman–Crippen MR) is 69.6 cm³/mol. The van der Waals surface area contributed by atoms with Crippen molar-refractivity contribution in [3.8, 4) is 0 Å². The largest absolute Gasteiger partial charge is 0.444 e. The van der Waals surface area contributed by atoms with E-state index in [1.54, 1.807) is 23.5 Å². The summed E-state index contributed by atoms with van der Waals surface area (Å²) in [7, 11) is 0. The maximum Gasteiger partial charge on any atom is 0.287 e. The number of thiophene rings is 1. The first kappa shape index (κ1) is 11.9. The Hall–Kier alpha value is -0.590. The Bertz CT molecular complexity index is 506. The van der Waals surface area contributed by atoms with E-state index < -0.39 is 0 Å². The Kier molecular flexibility index (Phi) is 3.83. The Morgan fingerprint density at radius 1 is 1.44 bits per heavy atom. The normalized spacial score (nSPS) is 10.4. The van der Waals surface area contributed by atoms with E-state index >= 15 is 0 Å². The van der Waals surface area contributed by atoms with E-state index in [1.165, 1.54) is 0 Å². The van der Waals surface area contributed by atoms with Gasteiger partial charge in [0.25, 0.3) is 5.91 Å². The van der Waals surface area contributed by atoms with E-state index in [0.29, 0.717) is 17.0 Å². The van der Waals surface area contributed by atoms with Gasteiger partial charge in [-0.2, -0.15) is 0 Å². The van der Waals surface area contributed by atoms with Gasteiger partial charge in [-0.25, -0.2) is 0 Å². The lowest BCUT2D eigenvalue weighted by atomic mass is 10.3. The minimum Gasteiger partial charge on any atom is -0.444 e. The van der Waals surface area contributed by atoms with Crippen LogP contribution in [0.15, 0.2) is 36.5 Å². The summed E-state index contributed by atoms with van der Waals surface area (Å²) >= 11 is 8.11. The lowest BCUT2D eigenvalue weighted by Gasteiger charge is -2.00. The number of amides is 1. The molecule has 1 N–H and O–H groups in total. The van der Waals surface area contributed by atoms with Crippen LogP contribution in [0, 0.1) is 0 Å². The first-order valence-electron chi connectivity index (χ1n) is 4.41. The number of furan rings is 1. The maximum atomic E-state index is 11.6. The summed E-state index contributed by atoms with van der Waals surface area (Å²) < 4.78 is 6.74. The van der Waals surface area contributed by atoms with E-state index in [0.717, 1.165) is 9.35 Å². The van der Waals surface area contributed by atoms with E-state index in [9.17, 15) is 4.79 Å². The van der Waals surface area contributed by atoms with Gasteiger partial charge in [-0.15, -0.1) is 11.3 Å². The lowest BCUT2D eigenvalue weighted by molar-refractivity contribution is 0.0922. The second-order valence-corrected chi connectivity index (χ2v) is 6.12. The van der Waals surface area contributed by atoms with Crippen LogP contribution in [0.3, 0.4) is 0 Å². The molecule has 0 aliphatic heterocycles. The minimum absolute atomic E-state index is 0.215. The molecule has 2 rings (SSSR count). The topological polar surface area (TPSA) is 42.2 Å². The molecule has 0 unspecified atom stereocenters. The maximum absolute atomic E-state index is 11.6. The number of hydrogen-bond acceptors (Lipinski definition) is 3. The average Bonchev–Trinajstić information content (AvgIpc) is 2.84. The van der Waals surface area contributed by atoms with Crippen LogP contribution in [0.4, 0.5) is 0 Å². The van der Waals surface area contributed by atoms with Crippen molar-refractivity contribution >= 4 is 49.1 Å². The quantitative estimate of drug-likeness (QED) is 0.900. The van der Waals surface area contributed by atoms with Crippen molar-refractivity contribution in [3.63, 3.8) is 0 Å². The highest BCUT2D eigenvalue weighted by Crippen LogP contribution is 2.20. The van der Waals surface area contributed by atoms with Gasteiger partial charge in [-0.05, 0) is 61.0 Å². The summed E-state index contributed by atoms with van der Waals surface area (Å²) in [5.41, 5.74) is 1.07. The molecule has 84 valence electrons. The smallest absolute Gasteiger partial charge is 0.287 e. The van der Waals surface area contributed by atoms with E-state index in [1.807, 2.05) is 11.4 Å². The molecule has 0 aromatic carbocycles. The van der Waals surface area contributed by atoms with Crippen molar-refractivity contribution in [3.05, 3.63) is 43.4 Å². The van der Waals surface area contributed by atoms with Crippen LogP contribution in [0.2, 0.25) is 0 Å². The number of carbonyl (C=O) groups excluding carboxylic acids is 1. The fraction of sp³-hybridized carbons (Fsp3) is 0.100. The Labute approximate surface area is 113 Å². The number of nitrogens with one attached hydrogen (secondary N) is 1. The molecule has 0 radical (unpaired) electrons. The highest BCUT2D eigenvalue weighted by atomic mass is 79.9. The summed E-state index contributed by atoms with van der Waals surface area (Å²) in [4.78, 5) is 11.6. The Morgan fingerprint density at radius 3 is 2.81 bits per heavy atom. The number of rotatable bonds is 3. The highest BCUT2D eigenvalue weighted by molar-refractivity contribution is 9.11. The van der Waals surface area contributed by atoms with Gasteiger partial charge in [0.15, 0.2) is 10.4 Å². The highest BCUT2D eigenvalue weighted by Gasteiger charge is 2.09. The van der Waals surface area contributed by atoms with Crippen LogP contribution in [0.1, 0.15) is 16.1 Å². The van der Waals surface area contributed by atoms with Crippen LogP contribution in [-0.4, -0.2) is 5.91 Å². The molecule has 0 saturated heterocycles. The summed E-state index contributed by atoms with van der Waals surface area (Å²) in [5, 5.41) is 4.76. The second-order valence-electron chi connectivity index (χ2n) is 3.05. The molecule has 0 aliphatic carbocycles. The first-order chi connectivity index (χ1) is 7.65. The van der Waals surface area contributed by atoms with Gasteiger partial charge >= 0.3 is 0 Å². The van der Waals surface area contributed by atoms with Crippen LogP contribution < -0.4 is 5.32 Å². The van der Waals surface area contributed by atoms with Crippen LogP contribution >= 0.6 is 43.2 Å². The average molecular weight is 365 g/mol. The number of halogens is 2. The summed E-state index contributed by atoms with van der Waals surface area (Å²) in [5.74, 6) is 0.0918. The number of carbonyl (C=O) groups is 1. The van der Waals surface area contributed by atoms with Crippen LogP contribution in [0.25, 0.3) is 0 Å². The molecule has 2 heterocycles.